The number of fused-ring (bicyclic) bond motifs is 3. The van der Waals surface area contributed by atoms with Crippen molar-refractivity contribution < 1.29 is 23.7 Å². The molecule has 1 heterocycles. The van der Waals surface area contributed by atoms with Gasteiger partial charge in [-0.15, -0.1) is 11.3 Å². The molecule has 2 unspecified atom stereocenters. The molecule has 0 saturated heterocycles. The Balaban J connectivity index is 1.54. The first kappa shape index (κ1) is 32.0. The van der Waals surface area contributed by atoms with Crippen LogP contribution in [0.1, 0.15) is 32.6 Å². The van der Waals surface area contributed by atoms with Crippen molar-refractivity contribution >= 4 is 85.0 Å². The second kappa shape index (κ2) is 14.6. The molecule has 6 N–H and O–H groups in total. The normalized spacial score (nSPS) is 12.4. The zero-order valence-electron chi connectivity index (χ0n) is 25.1. The molecule has 0 saturated carbocycles. The van der Waals surface area contributed by atoms with Crippen molar-refractivity contribution in [2.75, 3.05) is 0 Å². The molecule has 228 valence electrons. The minimum atomic E-state index is -0.986. The van der Waals surface area contributed by atoms with Crippen LogP contribution in [0.5, 0.6) is 0 Å². The van der Waals surface area contributed by atoms with Crippen molar-refractivity contribution in [2.45, 2.75) is 44.7 Å². The number of nitrogens with two attached hydrogens (primary N) is 3. The van der Waals surface area contributed by atoms with Gasteiger partial charge in [-0.25, -0.2) is 0 Å². The summed E-state index contributed by atoms with van der Waals surface area (Å²) in [6.45, 7) is 0.621. The number of carbonyl (C=O) groups excluding carboxylic acids is 3. The quantitative estimate of drug-likeness (QED) is 0.171. The lowest BCUT2D eigenvalue weighted by atomic mass is 9.54. The number of carbonyl (C=O) groups is 3. The van der Waals surface area contributed by atoms with E-state index in [1.54, 1.807) is 11.3 Å². The number of thiophene rings is 1. The summed E-state index contributed by atoms with van der Waals surface area (Å²) in [4.78, 5) is 37.2. The summed E-state index contributed by atoms with van der Waals surface area (Å²) in [6, 6.07) is 29.4. The monoisotopic (exact) mass is 619 g/mol. The molecule has 4 aromatic carbocycles. The van der Waals surface area contributed by atoms with Crippen LogP contribution in [0.4, 0.5) is 0 Å². The zero-order chi connectivity index (χ0) is 31.9. The molecule has 8 nitrogen and oxygen atoms in total. The number of amides is 1. The van der Waals surface area contributed by atoms with Gasteiger partial charge in [0.25, 0.3) is 0 Å². The molecule has 1 aromatic heterocycles. The molecule has 5 aromatic rings. The Hall–Kier alpha value is -4.44. The Morgan fingerprint density at radius 3 is 1.53 bits per heavy atom. The second-order valence-corrected chi connectivity index (χ2v) is 12.2. The van der Waals surface area contributed by atoms with E-state index in [2.05, 4.69) is 6.07 Å². The van der Waals surface area contributed by atoms with Gasteiger partial charge in [0.1, 0.15) is 12.1 Å². The molecule has 5 rings (SSSR count). The van der Waals surface area contributed by atoms with Crippen LogP contribution in [0.25, 0.3) is 20.2 Å². The summed E-state index contributed by atoms with van der Waals surface area (Å²) in [5.41, 5.74) is 20.6. The Morgan fingerprint density at radius 2 is 1.11 bits per heavy atom. The maximum Gasteiger partial charge on any atom is 0.429 e. The Morgan fingerprint density at radius 1 is 0.667 bits per heavy atom. The van der Waals surface area contributed by atoms with Crippen molar-refractivity contribution in [1.82, 2.24) is 0 Å². The van der Waals surface area contributed by atoms with Gasteiger partial charge < -0.3 is 26.5 Å². The lowest BCUT2D eigenvalue weighted by Crippen LogP contribution is -2.49. The van der Waals surface area contributed by atoms with E-state index < -0.39 is 43.8 Å². The van der Waals surface area contributed by atoms with Crippen LogP contribution in [0, 0.1) is 0 Å². The maximum absolute atomic E-state index is 13.0. The molecule has 2 atom stereocenters. The van der Waals surface area contributed by atoms with Crippen LogP contribution in [0.3, 0.4) is 0 Å². The molecule has 11 heteroatoms. The minimum absolute atomic E-state index is 0.00865. The molecule has 0 radical (unpaired) electrons. The third-order valence-electron chi connectivity index (χ3n) is 7.70. The van der Waals surface area contributed by atoms with Gasteiger partial charge in [0.2, 0.25) is 5.91 Å². The lowest BCUT2D eigenvalue weighted by Gasteiger charge is -2.19. The average Bonchev–Trinajstić information content (AvgIpc) is 3.42. The van der Waals surface area contributed by atoms with E-state index in [1.807, 2.05) is 97.9 Å². The van der Waals surface area contributed by atoms with Gasteiger partial charge in [0, 0.05) is 15.8 Å². The standard InChI is InChI=1S/C34H35B2N3O5S/c1-2-9-28(37)33(41)43-35(22-10-5-3-6-11-22)24-14-17-30-26(20-24)27-21-25(15-18-31(27)45-30)36(23-12-7-4-8-13-23)44-34(42)29(38)16-19-32(39)40/h3-8,10-15,17-18,20-21,28-29H,2,9,16,19,37-38H2,1H3,(H2,39,40). The topological polar surface area (TPSA) is 148 Å². The van der Waals surface area contributed by atoms with Crippen molar-refractivity contribution in [3.8, 4) is 0 Å². The first-order valence-corrected chi connectivity index (χ1v) is 15.8. The fraction of sp³-hybridized carbons (Fsp3) is 0.206. The van der Waals surface area contributed by atoms with Crippen molar-refractivity contribution in [2.24, 2.45) is 17.2 Å². The molecule has 0 aliphatic carbocycles. The van der Waals surface area contributed by atoms with Gasteiger partial charge in [0.15, 0.2) is 0 Å². The van der Waals surface area contributed by atoms with Crippen LogP contribution in [-0.4, -0.2) is 43.8 Å². The van der Waals surface area contributed by atoms with Crippen molar-refractivity contribution in [3.05, 3.63) is 97.1 Å². The SMILES string of the molecule is CCCC(N)C(=O)OB(c1ccccc1)c1ccc2sc3ccc(B(OC(=O)C(N)CCC(N)=O)c4ccccc4)cc3c2c1. The average molecular weight is 619 g/mol. The Kier molecular flexibility index (Phi) is 10.3. The Bertz CT molecular complexity index is 1800. The molecule has 45 heavy (non-hydrogen) atoms. The van der Waals surface area contributed by atoms with Gasteiger partial charge in [-0.05, 0) is 57.6 Å². The van der Waals surface area contributed by atoms with Gasteiger partial charge in [-0.2, -0.15) is 0 Å². The first-order chi connectivity index (χ1) is 21.7. The van der Waals surface area contributed by atoms with Crippen LogP contribution in [0.15, 0.2) is 97.1 Å². The highest BCUT2D eigenvalue weighted by Gasteiger charge is 2.31. The van der Waals surface area contributed by atoms with E-state index in [4.69, 9.17) is 26.5 Å². The largest absolute Gasteiger partial charge is 0.525 e. The molecule has 0 fully saturated rings. The predicted molar refractivity (Wildman–Crippen MR) is 184 cm³/mol. The van der Waals surface area contributed by atoms with E-state index in [1.165, 1.54) is 0 Å². The number of hydrogen-bond acceptors (Lipinski definition) is 8. The van der Waals surface area contributed by atoms with E-state index in [9.17, 15) is 14.4 Å². The molecule has 1 amide bonds. The summed E-state index contributed by atoms with van der Waals surface area (Å²) in [7, 11) is 0. The van der Waals surface area contributed by atoms with E-state index >= 15 is 0 Å². The lowest BCUT2D eigenvalue weighted by molar-refractivity contribution is -0.137. The van der Waals surface area contributed by atoms with Crippen LogP contribution >= 0.6 is 11.3 Å². The number of rotatable bonds is 13. The van der Waals surface area contributed by atoms with E-state index in [0.29, 0.717) is 6.42 Å². The van der Waals surface area contributed by atoms with Crippen LogP contribution in [0.2, 0.25) is 0 Å². The van der Waals surface area contributed by atoms with Crippen molar-refractivity contribution in [1.29, 1.82) is 0 Å². The van der Waals surface area contributed by atoms with Crippen molar-refractivity contribution in [3.63, 3.8) is 0 Å². The molecule has 0 spiro atoms. The fourth-order valence-corrected chi connectivity index (χ4v) is 6.37. The zero-order valence-corrected chi connectivity index (χ0v) is 25.9. The van der Waals surface area contributed by atoms with Gasteiger partial charge in [-0.3, -0.25) is 14.4 Å². The molecule has 0 aliphatic heterocycles. The summed E-state index contributed by atoms with van der Waals surface area (Å²) in [5, 5.41) is 1.96. The second-order valence-electron chi connectivity index (χ2n) is 11.1. The summed E-state index contributed by atoms with van der Waals surface area (Å²) in [6.07, 6.45) is 1.41. The van der Waals surface area contributed by atoms with Crippen LogP contribution in [-0.2, 0) is 23.7 Å². The molecular weight excluding hydrogens is 584 g/mol. The first-order valence-electron chi connectivity index (χ1n) is 15.0. The summed E-state index contributed by atoms with van der Waals surface area (Å²) < 4.78 is 14.1. The number of primary amides is 1. The third kappa shape index (κ3) is 7.62. The minimum Gasteiger partial charge on any atom is -0.525 e. The van der Waals surface area contributed by atoms with Gasteiger partial charge in [0.05, 0.1) is 0 Å². The molecular formula is C34H35B2N3O5S. The predicted octanol–water partition coefficient (Wildman–Crippen LogP) is 2.07. The maximum atomic E-state index is 13.0. The highest BCUT2D eigenvalue weighted by molar-refractivity contribution is 7.25. The molecule has 0 bridgehead atoms. The number of hydrogen-bond donors (Lipinski definition) is 3. The highest BCUT2D eigenvalue weighted by atomic mass is 32.1. The Labute approximate surface area is 267 Å². The van der Waals surface area contributed by atoms with Crippen LogP contribution < -0.4 is 39.1 Å². The van der Waals surface area contributed by atoms with E-state index in [-0.39, 0.29) is 12.8 Å². The summed E-state index contributed by atoms with van der Waals surface area (Å²) >= 11 is 1.65. The molecule has 0 aliphatic rings. The van der Waals surface area contributed by atoms with Gasteiger partial charge in [-0.1, -0.05) is 98.3 Å². The smallest absolute Gasteiger partial charge is 0.429 e. The van der Waals surface area contributed by atoms with Gasteiger partial charge >= 0.3 is 25.8 Å². The number of benzene rings is 4. The highest BCUT2D eigenvalue weighted by Crippen LogP contribution is 2.32. The third-order valence-corrected chi connectivity index (χ3v) is 8.85. The van der Waals surface area contributed by atoms with E-state index in [0.717, 1.165) is 48.4 Å². The fourth-order valence-electron chi connectivity index (χ4n) is 5.30. The summed E-state index contributed by atoms with van der Waals surface area (Å²) in [5.74, 6) is -1.58.